The molecule has 0 aliphatic rings. The molecule has 0 fully saturated rings. The van der Waals surface area contributed by atoms with E-state index in [1.54, 1.807) is 42.5 Å². The lowest BCUT2D eigenvalue weighted by Crippen LogP contribution is -2.13. The molecule has 0 aliphatic heterocycles. The number of anilines is 1. The maximum Gasteiger partial charge on any atom is 0.266 e. The zero-order valence-electron chi connectivity index (χ0n) is 17.4. The van der Waals surface area contributed by atoms with Crippen LogP contribution in [0.2, 0.25) is 15.1 Å². The zero-order chi connectivity index (χ0) is 23.3. The fourth-order valence-corrected chi connectivity index (χ4v) is 3.52. The van der Waals surface area contributed by atoms with Crippen molar-refractivity contribution < 1.29 is 9.53 Å². The number of nitriles is 1. The molecule has 0 atom stereocenters. The van der Waals surface area contributed by atoms with Gasteiger partial charge in [0.25, 0.3) is 5.91 Å². The number of nitrogens with one attached hydrogen (secondary N) is 1. The summed E-state index contributed by atoms with van der Waals surface area (Å²) < 4.78 is 5.90. The van der Waals surface area contributed by atoms with E-state index in [-0.39, 0.29) is 12.2 Å². The van der Waals surface area contributed by atoms with Crippen LogP contribution in [0.1, 0.15) is 22.3 Å². The molecule has 1 N–H and O–H groups in total. The third-order valence-electron chi connectivity index (χ3n) is 4.80. The third-order valence-corrected chi connectivity index (χ3v) is 5.62. The van der Waals surface area contributed by atoms with Crippen LogP contribution in [0.4, 0.5) is 5.69 Å². The second kappa shape index (κ2) is 10.6. The number of hydrogen-bond donors (Lipinski definition) is 1. The molecule has 32 heavy (non-hydrogen) atoms. The van der Waals surface area contributed by atoms with E-state index in [2.05, 4.69) is 5.32 Å². The van der Waals surface area contributed by atoms with Crippen LogP contribution in [0.5, 0.6) is 5.75 Å². The van der Waals surface area contributed by atoms with Crippen LogP contribution >= 0.6 is 34.8 Å². The number of nitrogens with zero attached hydrogens (tertiary/aromatic N) is 1. The monoisotopic (exact) mass is 484 g/mol. The van der Waals surface area contributed by atoms with E-state index in [0.717, 1.165) is 16.7 Å². The average Bonchev–Trinajstić information content (AvgIpc) is 2.75. The lowest BCUT2D eigenvalue weighted by atomic mass is 10.1. The summed E-state index contributed by atoms with van der Waals surface area (Å²) in [6.45, 7) is 4.11. The van der Waals surface area contributed by atoms with Gasteiger partial charge in [0.05, 0.1) is 0 Å². The van der Waals surface area contributed by atoms with Crippen molar-refractivity contribution in [2.75, 3.05) is 5.32 Å². The fourth-order valence-electron chi connectivity index (χ4n) is 2.88. The van der Waals surface area contributed by atoms with Crippen molar-refractivity contribution in [3.05, 3.63) is 97.5 Å². The molecule has 4 nitrogen and oxygen atoms in total. The molecule has 0 bridgehead atoms. The summed E-state index contributed by atoms with van der Waals surface area (Å²) in [6.07, 6.45) is 1.45. The van der Waals surface area contributed by atoms with Crippen LogP contribution in [0, 0.1) is 25.2 Å². The van der Waals surface area contributed by atoms with E-state index in [1.165, 1.54) is 6.08 Å². The van der Waals surface area contributed by atoms with Crippen LogP contribution in [0.25, 0.3) is 6.08 Å². The van der Waals surface area contributed by atoms with Crippen molar-refractivity contribution in [3.8, 4) is 11.8 Å². The van der Waals surface area contributed by atoms with Crippen molar-refractivity contribution in [2.24, 2.45) is 0 Å². The smallest absolute Gasteiger partial charge is 0.266 e. The topological polar surface area (TPSA) is 62.1 Å². The maximum absolute atomic E-state index is 12.7. The normalized spacial score (nSPS) is 11.1. The van der Waals surface area contributed by atoms with Crippen LogP contribution in [0.3, 0.4) is 0 Å². The highest BCUT2D eigenvalue weighted by Gasteiger charge is 2.13. The molecular weight excluding hydrogens is 467 g/mol. The van der Waals surface area contributed by atoms with Crippen molar-refractivity contribution in [2.45, 2.75) is 20.5 Å². The van der Waals surface area contributed by atoms with Crippen molar-refractivity contribution in [3.63, 3.8) is 0 Å². The first-order chi connectivity index (χ1) is 15.3. The van der Waals surface area contributed by atoms with Crippen molar-refractivity contribution in [1.82, 2.24) is 0 Å². The molecule has 0 saturated heterocycles. The van der Waals surface area contributed by atoms with Gasteiger partial charge in [0.2, 0.25) is 0 Å². The molecule has 0 radical (unpaired) electrons. The molecule has 0 heterocycles. The quantitative estimate of drug-likeness (QED) is 0.292. The van der Waals surface area contributed by atoms with Gasteiger partial charge in [-0.25, -0.2) is 0 Å². The van der Waals surface area contributed by atoms with Crippen LogP contribution in [0.15, 0.2) is 60.2 Å². The minimum absolute atomic E-state index is 0.0835. The number of benzene rings is 3. The first-order valence-electron chi connectivity index (χ1n) is 9.63. The van der Waals surface area contributed by atoms with Gasteiger partial charge in [-0.05, 0) is 73.5 Å². The Balaban J connectivity index is 1.84. The number of amides is 1. The van der Waals surface area contributed by atoms with E-state index < -0.39 is 5.91 Å². The summed E-state index contributed by atoms with van der Waals surface area (Å²) in [5, 5.41) is 13.8. The molecule has 0 aliphatic carbocycles. The average molecular weight is 486 g/mol. The SMILES string of the molecule is Cc1ccc(NC(=O)/C(C#N)=C/c2cc(Cl)ccc2OCc2ccc(Cl)cc2Cl)cc1C. The Morgan fingerprint density at radius 3 is 2.41 bits per heavy atom. The number of carbonyl (C=O) groups excluding carboxylic acids is 1. The van der Waals surface area contributed by atoms with Crippen molar-refractivity contribution in [1.29, 1.82) is 5.26 Å². The number of rotatable bonds is 6. The van der Waals surface area contributed by atoms with E-state index in [1.807, 2.05) is 32.0 Å². The summed E-state index contributed by atoms with van der Waals surface area (Å²) in [5.41, 5.74) is 3.92. The predicted octanol–water partition coefficient (Wildman–Crippen LogP) is 7.39. The summed E-state index contributed by atoms with van der Waals surface area (Å²) >= 11 is 18.3. The van der Waals surface area contributed by atoms with Gasteiger partial charge in [-0.3, -0.25) is 4.79 Å². The van der Waals surface area contributed by atoms with Gasteiger partial charge in [0.1, 0.15) is 24.0 Å². The summed E-state index contributed by atoms with van der Waals surface area (Å²) in [6, 6.07) is 17.6. The Bertz CT molecular complexity index is 1250. The molecule has 0 saturated carbocycles. The Labute approximate surface area is 202 Å². The van der Waals surface area contributed by atoms with E-state index in [0.29, 0.717) is 32.1 Å². The molecule has 0 spiro atoms. The molecule has 3 aromatic carbocycles. The minimum Gasteiger partial charge on any atom is -0.488 e. The maximum atomic E-state index is 12.7. The number of hydrogen-bond acceptors (Lipinski definition) is 3. The predicted molar refractivity (Wildman–Crippen MR) is 130 cm³/mol. The lowest BCUT2D eigenvalue weighted by Gasteiger charge is -2.12. The number of halogens is 3. The van der Waals surface area contributed by atoms with Crippen LogP contribution < -0.4 is 10.1 Å². The van der Waals surface area contributed by atoms with E-state index in [4.69, 9.17) is 39.5 Å². The first-order valence-corrected chi connectivity index (χ1v) is 10.8. The molecule has 3 rings (SSSR count). The van der Waals surface area contributed by atoms with Gasteiger partial charge in [-0.1, -0.05) is 46.9 Å². The molecule has 0 unspecified atom stereocenters. The first kappa shape index (κ1) is 23.7. The van der Waals surface area contributed by atoms with Gasteiger partial charge >= 0.3 is 0 Å². The molecular formula is C25H19Cl3N2O2. The van der Waals surface area contributed by atoms with Gasteiger partial charge in [0, 0.05) is 31.9 Å². The van der Waals surface area contributed by atoms with Gasteiger partial charge in [0.15, 0.2) is 0 Å². The Morgan fingerprint density at radius 2 is 1.72 bits per heavy atom. The van der Waals surface area contributed by atoms with Gasteiger partial charge in [-0.2, -0.15) is 5.26 Å². The molecule has 1 amide bonds. The summed E-state index contributed by atoms with van der Waals surface area (Å²) in [7, 11) is 0. The highest BCUT2D eigenvalue weighted by Crippen LogP contribution is 2.28. The standard InChI is InChI=1S/C25H19Cl3N2O2/c1-15-3-7-22(9-16(15)2)30-25(31)19(13-29)10-18-11-20(26)6-8-24(18)32-14-17-4-5-21(27)12-23(17)28/h3-12H,14H2,1-2H3,(H,30,31)/b19-10+. The highest BCUT2D eigenvalue weighted by molar-refractivity contribution is 6.35. The van der Waals surface area contributed by atoms with Gasteiger partial charge < -0.3 is 10.1 Å². The fraction of sp³-hybridized carbons (Fsp3) is 0.120. The number of aryl methyl sites for hydroxylation is 2. The highest BCUT2D eigenvalue weighted by atomic mass is 35.5. The Kier molecular flexibility index (Phi) is 7.82. The Morgan fingerprint density at radius 1 is 1.00 bits per heavy atom. The molecule has 3 aromatic rings. The van der Waals surface area contributed by atoms with Gasteiger partial charge in [-0.15, -0.1) is 0 Å². The third kappa shape index (κ3) is 6.05. The second-order valence-electron chi connectivity index (χ2n) is 7.13. The second-order valence-corrected chi connectivity index (χ2v) is 8.41. The minimum atomic E-state index is -0.526. The number of ether oxygens (including phenoxy) is 1. The van der Waals surface area contributed by atoms with E-state index >= 15 is 0 Å². The zero-order valence-corrected chi connectivity index (χ0v) is 19.6. The molecule has 0 aromatic heterocycles. The summed E-state index contributed by atoms with van der Waals surface area (Å²) in [4.78, 5) is 12.7. The summed E-state index contributed by atoms with van der Waals surface area (Å²) in [5.74, 6) is -0.0745. The number of carbonyl (C=O) groups is 1. The van der Waals surface area contributed by atoms with Crippen molar-refractivity contribution >= 4 is 52.5 Å². The largest absolute Gasteiger partial charge is 0.488 e. The lowest BCUT2D eigenvalue weighted by molar-refractivity contribution is -0.112. The van der Waals surface area contributed by atoms with Crippen LogP contribution in [-0.2, 0) is 11.4 Å². The Hall–Kier alpha value is -2.97. The van der Waals surface area contributed by atoms with E-state index in [9.17, 15) is 10.1 Å². The van der Waals surface area contributed by atoms with Crippen LogP contribution in [-0.4, -0.2) is 5.91 Å². The molecule has 7 heteroatoms. The molecule has 162 valence electrons.